The number of ether oxygens (including phenoxy) is 2. The summed E-state index contributed by atoms with van der Waals surface area (Å²) in [7, 11) is 1.37. The number of aliphatic hydroxyl groups excluding tert-OH is 1. The molecule has 0 spiro atoms. The van der Waals surface area contributed by atoms with Gasteiger partial charge in [-0.05, 0) is 6.07 Å². The Morgan fingerprint density at radius 3 is 2.40 bits per heavy atom. The van der Waals surface area contributed by atoms with Crippen molar-refractivity contribution >= 4 is 18.4 Å². The zero-order valence-electron chi connectivity index (χ0n) is 12.8. The largest absolute Gasteiger partial charge is 0.507 e. The number of phenols is 4. The van der Waals surface area contributed by atoms with Crippen LogP contribution in [-0.4, -0.2) is 38.4 Å². The van der Waals surface area contributed by atoms with Crippen LogP contribution in [0.2, 0.25) is 0 Å². The van der Waals surface area contributed by atoms with Gasteiger partial charge in [-0.2, -0.15) is 0 Å². The highest BCUT2D eigenvalue weighted by atomic mass is 32.1. The molecule has 0 aromatic heterocycles. The van der Waals surface area contributed by atoms with Gasteiger partial charge in [-0.25, -0.2) is 0 Å². The number of hydrogen-bond donors (Lipinski definition) is 6. The summed E-state index contributed by atoms with van der Waals surface area (Å²) in [6.45, 7) is 0. The lowest BCUT2D eigenvalue weighted by molar-refractivity contribution is -0.137. The highest BCUT2D eigenvalue weighted by Gasteiger charge is 2.40. The summed E-state index contributed by atoms with van der Waals surface area (Å²) in [6, 6.07) is 3.59. The van der Waals surface area contributed by atoms with E-state index >= 15 is 0 Å². The number of Topliss-reactive ketones (excluding diaryl/α,β-unsaturated/α-hetero) is 1. The van der Waals surface area contributed by atoms with Gasteiger partial charge in [-0.15, -0.1) is 12.6 Å². The van der Waals surface area contributed by atoms with Crippen molar-refractivity contribution in [1.82, 2.24) is 0 Å². The van der Waals surface area contributed by atoms with Gasteiger partial charge < -0.3 is 35.0 Å². The van der Waals surface area contributed by atoms with E-state index in [9.17, 15) is 30.3 Å². The second kappa shape index (κ2) is 5.94. The van der Waals surface area contributed by atoms with Crippen LogP contribution in [0.1, 0.15) is 23.3 Å². The number of aliphatic hydroxyl groups is 1. The van der Waals surface area contributed by atoms with Gasteiger partial charge >= 0.3 is 0 Å². The molecule has 1 heterocycles. The van der Waals surface area contributed by atoms with Crippen LogP contribution < -0.4 is 9.47 Å². The van der Waals surface area contributed by atoms with Crippen LogP contribution in [0.4, 0.5) is 0 Å². The molecule has 0 aliphatic carbocycles. The Kier molecular flexibility index (Phi) is 4.05. The molecular weight excluding hydrogens is 352 g/mol. The first-order valence-electron chi connectivity index (χ1n) is 7.02. The van der Waals surface area contributed by atoms with E-state index in [4.69, 9.17) is 9.47 Å². The molecule has 0 amide bonds. The van der Waals surface area contributed by atoms with Crippen LogP contribution in [0.5, 0.6) is 34.5 Å². The molecule has 25 heavy (non-hydrogen) atoms. The fourth-order valence-electron chi connectivity index (χ4n) is 2.62. The highest BCUT2D eigenvalue weighted by Crippen LogP contribution is 2.49. The Morgan fingerprint density at radius 2 is 1.76 bits per heavy atom. The zero-order valence-corrected chi connectivity index (χ0v) is 13.7. The minimum absolute atomic E-state index is 0.00580. The molecule has 0 fully saturated rings. The Hall–Kier alpha value is -2.78. The maximum atomic E-state index is 12.5. The molecule has 5 N–H and O–H groups in total. The zero-order chi connectivity index (χ0) is 18.5. The van der Waals surface area contributed by atoms with Crippen molar-refractivity contribution in [2.45, 2.75) is 17.1 Å². The second-order valence-corrected chi connectivity index (χ2v) is 5.84. The minimum Gasteiger partial charge on any atom is -0.507 e. The normalized spacial score (nSPS) is 19.2. The first-order chi connectivity index (χ1) is 11.8. The summed E-state index contributed by atoms with van der Waals surface area (Å²) in [5.41, 5.74) is -0.178. The fourth-order valence-corrected chi connectivity index (χ4v) is 2.91. The molecule has 2 unspecified atom stereocenters. The number of carbonyl (C=O) groups excluding carboxylic acids is 1. The molecule has 8 nitrogen and oxygen atoms in total. The van der Waals surface area contributed by atoms with E-state index in [1.807, 2.05) is 0 Å². The van der Waals surface area contributed by atoms with Gasteiger partial charge in [0.15, 0.2) is 17.6 Å². The van der Waals surface area contributed by atoms with Crippen LogP contribution >= 0.6 is 12.6 Å². The van der Waals surface area contributed by atoms with Gasteiger partial charge in [-0.1, -0.05) is 0 Å². The summed E-state index contributed by atoms with van der Waals surface area (Å²) in [4.78, 5) is 12.3. The maximum Gasteiger partial charge on any atom is 0.211 e. The number of thiol groups is 1. The standard InChI is InChI=1S/C16H14O8S/c1-23-5-2-7(17)10-9(3-5)24-15(13(21)12(10)20)6-4-8(18)11(19)14(22)16(6)25/h2-4,12,15,17-20,22,25H,1H3. The molecule has 1 aliphatic rings. The smallest absolute Gasteiger partial charge is 0.211 e. The van der Waals surface area contributed by atoms with Gasteiger partial charge in [0.05, 0.1) is 17.6 Å². The van der Waals surface area contributed by atoms with Gasteiger partial charge in [0.25, 0.3) is 0 Å². The number of hydrogen-bond acceptors (Lipinski definition) is 9. The van der Waals surface area contributed by atoms with E-state index in [1.54, 1.807) is 0 Å². The van der Waals surface area contributed by atoms with Crippen molar-refractivity contribution in [2.24, 2.45) is 0 Å². The number of phenolic OH excluding ortho intramolecular Hbond substituents is 4. The van der Waals surface area contributed by atoms with Crippen molar-refractivity contribution in [3.05, 3.63) is 29.3 Å². The molecule has 0 radical (unpaired) electrons. The van der Waals surface area contributed by atoms with E-state index in [2.05, 4.69) is 12.6 Å². The number of aromatic hydroxyl groups is 4. The predicted octanol–water partition coefficient (Wildman–Crippen LogP) is 1.54. The number of fused-ring (bicyclic) bond motifs is 1. The minimum atomic E-state index is -1.70. The third-order valence-electron chi connectivity index (χ3n) is 3.91. The predicted molar refractivity (Wildman–Crippen MR) is 86.7 cm³/mol. The Labute approximate surface area is 146 Å². The fraction of sp³-hybridized carbons (Fsp3) is 0.188. The Balaban J connectivity index is 2.15. The van der Waals surface area contributed by atoms with Crippen LogP contribution in [0, 0.1) is 0 Å². The van der Waals surface area contributed by atoms with E-state index in [0.717, 1.165) is 6.07 Å². The average molecular weight is 366 g/mol. The Morgan fingerprint density at radius 1 is 1.08 bits per heavy atom. The van der Waals surface area contributed by atoms with E-state index in [0.29, 0.717) is 0 Å². The number of carbonyl (C=O) groups is 1. The molecule has 2 aromatic carbocycles. The Bertz CT molecular complexity index is 879. The highest BCUT2D eigenvalue weighted by molar-refractivity contribution is 7.80. The van der Waals surface area contributed by atoms with Crippen molar-refractivity contribution in [3.63, 3.8) is 0 Å². The second-order valence-electron chi connectivity index (χ2n) is 5.39. The molecule has 0 bridgehead atoms. The SMILES string of the molecule is COc1cc(O)c2c(c1)OC(c1cc(O)c(O)c(O)c1S)C(=O)C2O. The van der Waals surface area contributed by atoms with E-state index in [1.165, 1.54) is 19.2 Å². The molecule has 1 aliphatic heterocycles. The summed E-state index contributed by atoms with van der Waals surface area (Å²) in [5.74, 6) is -3.20. The monoisotopic (exact) mass is 366 g/mol. The van der Waals surface area contributed by atoms with Crippen LogP contribution in [-0.2, 0) is 4.79 Å². The molecule has 2 atom stereocenters. The summed E-state index contributed by atoms with van der Waals surface area (Å²) >= 11 is 4.03. The van der Waals surface area contributed by atoms with Crippen LogP contribution in [0.3, 0.4) is 0 Å². The maximum absolute atomic E-state index is 12.5. The van der Waals surface area contributed by atoms with E-state index in [-0.39, 0.29) is 33.3 Å². The van der Waals surface area contributed by atoms with Gasteiger partial charge in [0.1, 0.15) is 23.4 Å². The van der Waals surface area contributed by atoms with Gasteiger partial charge in [0.2, 0.25) is 11.5 Å². The summed E-state index contributed by atoms with van der Waals surface area (Å²) < 4.78 is 10.6. The number of methoxy groups -OCH3 is 1. The third-order valence-corrected chi connectivity index (χ3v) is 4.38. The lowest BCUT2D eigenvalue weighted by Gasteiger charge is -2.30. The lowest BCUT2D eigenvalue weighted by atomic mass is 9.92. The molecule has 2 aromatic rings. The first kappa shape index (κ1) is 17.1. The molecule has 132 valence electrons. The quantitative estimate of drug-likeness (QED) is 0.348. The number of benzene rings is 2. The lowest BCUT2D eigenvalue weighted by Crippen LogP contribution is -2.30. The molecule has 0 saturated carbocycles. The van der Waals surface area contributed by atoms with Crippen molar-refractivity contribution < 1.29 is 39.8 Å². The summed E-state index contributed by atoms with van der Waals surface area (Å²) in [5, 5.41) is 49.2. The molecule has 3 rings (SSSR count). The molecule has 9 heteroatoms. The molecular formula is C16H14O8S. The van der Waals surface area contributed by atoms with Crippen molar-refractivity contribution in [3.8, 4) is 34.5 Å². The third kappa shape index (κ3) is 2.57. The number of rotatable bonds is 2. The van der Waals surface area contributed by atoms with E-state index < -0.39 is 35.2 Å². The molecule has 0 saturated heterocycles. The topological polar surface area (TPSA) is 137 Å². The van der Waals surface area contributed by atoms with Crippen molar-refractivity contribution in [1.29, 1.82) is 0 Å². The van der Waals surface area contributed by atoms with Gasteiger partial charge in [0, 0.05) is 17.7 Å². The first-order valence-corrected chi connectivity index (χ1v) is 7.47. The number of ketones is 1. The average Bonchev–Trinajstić information content (AvgIpc) is 2.59. The summed E-state index contributed by atoms with van der Waals surface area (Å²) in [6.07, 6.45) is -3.13. The van der Waals surface area contributed by atoms with Crippen LogP contribution in [0.15, 0.2) is 23.1 Å². The van der Waals surface area contributed by atoms with Crippen molar-refractivity contribution in [2.75, 3.05) is 7.11 Å². The van der Waals surface area contributed by atoms with Gasteiger partial charge in [-0.3, -0.25) is 4.79 Å². The van der Waals surface area contributed by atoms with Crippen LogP contribution in [0.25, 0.3) is 0 Å².